The Morgan fingerprint density at radius 2 is 1.88 bits per heavy atom. The average molecular weight is 449 g/mol. The Morgan fingerprint density at radius 3 is 2.76 bits per heavy atom. The fraction of sp³-hybridized carbons (Fsp3) is 0.778. The Hall–Kier alpha value is -1.82. The van der Waals surface area contributed by atoms with Crippen molar-refractivity contribution in [1.29, 1.82) is 0 Å². The molecule has 5 fully saturated rings. The highest BCUT2D eigenvalue weighted by Crippen LogP contribution is 2.70. The number of carbonyl (C=O) groups excluding carboxylic acids is 1. The van der Waals surface area contributed by atoms with Gasteiger partial charge in [-0.05, 0) is 104 Å². The molecule has 7 rings (SSSR count). The Bertz CT molecular complexity index is 1110. The summed E-state index contributed by atoms with van der Waals surface area (Å²) in [6.45, 7) is 5.03. The van der Waals surface area contributed by atoms with Gasteiger partial charge >= 0.3 is 0 Å². The predicted octanol–water partition coefficient (Wildman–Crippen LogP) is 4.27. The van der Waals surface area contributed by atoms with Crippen molar-refractivity contribution in [2.24, 2.45) is 52.8 Å². The van der Waals surface area contributed by atoms with Gasteiger partial charge in [0.2, 0.25) is 0 Å². The topological polar surface area (TPSA) is 80.9 Å². The lowest BCUT2D eigenvalue weighted by molar-refractivity contribution is -0.131. The minimum atomic E-state index is -0.330. The lowest BCUT2D eigenvalue weighted by atomic mass is 9.49. The summed E-state index contributed by atoms with van der Waals surface area (Å²) < 4.78 is 1.77. The number of Topliss-reactive ketones (excluding diaryl/α,β-unsaturated/α-hetero) is 1. The van der Waals surface area contributed by atoms with E-state index in [0.29, 0.717) is 30.1 Å². The van der Waals surface area contributed by atoms with E-state index >= 15 is 0 Å². The molecule has 5 saturated carbocycles. The minimum absolute atomic E-state index is 0.130. The van der Waals surface area contributed by atoms with Crippen LogP contribution in [-0.2, 0) is 11.3 Å². The van der Waals surface area contributed by atoms with Crippen molar-refractivity contribution < 1.29 is 9.90 Å². The van der Waals surface area contributed by atoms with Crippen LogP contribution in [0.3, 0.4) is 0 Å². The number of aliphatic hydroxyl groups is 1. The molecule has 176 valence electrons. The molecule has 0 saturated heterocycles. The maximum Gasteiger partial charge on any atom is 0.157 e. The van der Waals surface area contributed by atoms with Crippen LogP contribution in [0.5, 0.6) is 0 Å². The van der Waals surface area contributed by atoms with E-state index in [1.165, 1.54) is 38.5 Å². The third-order valence-corrected chi connectivity index (χ3v) is 11.6. The highest BCUT2D eigenvalue weighted by atomic mass is 16.3. The second kappa shape index (κ2) is 6.87. The summed E-state index contributed by atoms with van der Waals surface area (Å²) in [6.07, 6.45) is 13.0. The van der Waals surface area contributed by atoms with Crippen LogP contribution in [0.25, 0.3) is 11.0 Å². The summed E-state index contributed by atoms with van der Waals surface area (Å²) in [5.41, 5.74) is 1.45. The Morgan fingerprint density at radius 1 is 1.09 bits per heavy atom. The van der Waals surface area contributed by atoms with Gasteiger partial charge in [-0.25, -0.2) is 4.68 Å². The van der Waals surface area contributed by atoms with E-state index in [2.05, 4.69) is 29.1 Å². The smallest absolute Gasteiger partial charge is 0.157 e. The number of rotatable bonds is 3. The molecule has 6 nitrogen and oxygen atoms in total. The molecule has 1 unspecified atom stereocenters. The van der Waals surface area contributed by atoms with Gasteiger partial charge in [0.1, 0.15) is 12.1 Å². The van der Waals surface area contributed by atoms with E-state index in [1.807, 2.05) is 6.07 Å². The first kappa shape index (κ1) is 20.5. The summed E-state index contributed by atoms with van der Waals surface area (Å²) >= 11 is 0. The van der Waals surface area contributed by atoms with Crippen LogP contribution >= 0.6 is 0 Å². The monoisotopic (exact) mass is 448 g/mol. The number of carbonyl (C=O) groups is 1. The van der Waals surface area contributed by atoms with Gasteiger partial charge in [0.15, 0.2) is 5.78 Å². The minimum Gasteiger partial charge on any atom is -0.389 e. The lowest BCUT2D eigenvalue weighted by Gasteiger charge is -2.56. The number of aromatic nitrogens is 4. The molecule has 0 aromatic carbocycles. The summed E-state index contributed by atoms with van der Waals surface area (Å²) in [7, 11) is 0. The molecular formula is C27H36N4O2. The number of pyridine rings is 1. The largest absolute Gasteiger partial charge is 0.389 e. The molecule has 0 spiro atoms. The average Bonchev–Trinajstić information content (AvgIpc) is 3.11. The van der Waals surface area contributed by atoms with Crippen molar-refractivity contribution in [1.82, 2.24) is 20.0 Å². The molecular weight excluding hydrogens is 412 g/mol. The molecule has 0 aliphatic heterocycles. The number of nitrogens with zero attached hydrogens (tertiary/aromatic N) is 4. The van der Waals surface area contributed by atoms with Crippen LogP contribution in [0, 0.1) is 52.8 Å². The van der Waals surface area contributed by atoms with Crippen LogP contribution in [0.15, 0.2) is 18.5 Å². The molecule has 1 N–H and O–H groups in total. The molecule has 0 radical (unpaired) electrons. The van der Waals surface area contributed by atoms with Crippen LogP contribution in [0.4, 0.5) is 0 Å². The zero-order valence-corrected chi connectivity index (χ0v) is 19.9. The second-order valence-corrected chi connectivity index (χ2v) is 12.4. The second-order valence-electron chi connectivity index (χ2n) is 12.4. The summed E-state index contributed by atoms with van der Waals surface area (Å²) in [4.78, 5) is 17.7. The van der Waals surface area contributed by atoms with Crippen LogP contribution < -0.4 is 0 Å². The first-order chi connectivity index (χ1) is 15.9. The van der Waals surface area contributed by atoms with Crippen LogP contribution in [0.1, 0.15) is 65.2 Å². The molecule has 33 heavy (non-hydrogen) atoms. The number of ketones is 1. The normalized spacial score (nSPS) is 48.0. The third-order valence-electron chi connectivity index (χ3n) is 11.6. The highest BCUT2D eigenvalue weighted by Gasteiger charge is 2.69. The first-order valence-electron chi connectivity index (χ1n) is 13.3. The van der Waals surface area contributed by atoms with Gasteiger partial charge in [0.05, 0.1) is 17.3 Å². The van der Waals surface area contributed by atoms with Gasteiger partial charge in [0.25, 0.3) is 0 Å². The molecule has 10 atom stereocenters. The van der Waals surface area contributed by atoms with Gasteiger partial charge < -0.3 is 5.11 Å². The molecule has 6 heteroatoms. The number of hydrogen-bond acceptors (Lipinski definition) is 5. The highest BCUT2D eigenvalue weighted by molar-refractivity contribution is 5.84. The Kier molecular flexibility index (Phi) is 4.27. The zero-order valence-electron chi connectivity index (χ0n) is 19.9. The summed E-state index contributed by atoms with van der Waals surface area (Å²) in [6, 6.07) is 1.90. The SMILES string of the molecule is C[C@@H]1C2[C@@H]3CC[C@@H]4[C@H](CC[C@]5(C)[C@@H](C(=O)Cn6nnc7cnccc76)CC[C@@H]45)[C@H]3CC[C@@]21O. The van der Waals surface area contributed by atoms with E-state index in [-0.39, 0.29) is 16.9 Å². The molecule has 5 aliphatic rings. The zero-order chi connectivity index (χ0) is 22.5. The summed E-state index contributed by atoms with van der Waals surface area (Å²) in [5, 5.41) is 19.4. The van der Waals surface area contributed by atoms with Gasteiger partial charge in [-0.2, -0.15) is 0 Å². The standard InChI is InChI=1S/C27H36N4O2/c1-15-25-19-4-3-18-16(17(19)8-11-27(15,25)33)7-10-26(2)20(18)5-6-21(26)24(32)14-31-23-9-12-28-13-22(23)29-30-31/h9,12-13,15-21,25,33H,3-8,10-11,14H2,1-2H3/t15-,16-,17-,18-,19-,20+,21-,25?,26+,27+/m1/s1. The van der Waals surface area contributed by atoms with Gasteiger partial charge in [-0.15, -0.1) is 5.10 Å². The number of fused-ring (bicyclic) bond motifs is 8. The fourth-order valence-corrected chi connectivity index (χ4v) is 9.96. The molecule has 2 heterocycles. The molecule has 2 aromatic heterocycles. The maximum atomic E-state index is 13.6. The third kappa shape index (κ3) is 2.70. The molecule has 5 aliphatic carbocycles. The van der Waals surface area contributed by atoms with Crippen molar-refractivity contribution in [3.05, 3.63) is 18.5 Å². The lowest BCUT2D eigenvalue weighted by Crippen LogP contribution is -2.50. The molecule has 2 aromatic rings. The summed E-state index contributed by atoms with van der Waals surface area (Å²) in [5.74, 6) is 5.40. The van der Waals surface area contributed by atoms with Gasteiger partial charge in [0, 0.05) is 12.1 Å². The van der Waals surface area contributed by atoms with Crippen molar-refractivity contribution in [3.63, 3.8) is 0 Å². The Balaban J connectivity index is 1.10. The van der Waals surface area contributed by atoms with Gasteiger partial charge in [-0.1, -0.05) is 19.1 Å². The fourth-order valence-electron chi connectivity index (χ4n) is 9.96. The molecule has 0 bridgehead atoms. The van der Waals surface area contributed by atoms with E-state index in [0.717, 1.165) is 47.5 Å². The van der Waals surface area contributed by atoms with Gasteiger partial charge in [-0.3, -0.25) is 9.78 Å². The molecule has 0 amide bonds. The van der Waals surface area contributed by atoms with E-state index in [9.17, 15) is 9.90 Å². The van der Waals surface area contributed by atoms with E-state index < -0.39 is 0 Å². The van der Waals surface area contributed by atoms with Crippen molar-refractivity contribution in [2.75, 3.05) is 0 Å². The predicted molar refractivity (Wildman–Crippen MR) is 124 cm³/mol. The maximum absolute atomic E-state index is 13.6. The van der Waals surface area contributed by atoms with Crippen molar-refractivity contribution in [2.45, 2.75) is 77.4 Å². The first-order valence-corrected chi connectivity index (χ1v) is 13.3. The Labute approximate surface area is 195 Å². The van der Waals surface area contributed by atoms with E-state index in [4.69, 9.17) is 0 Å². The quantitative estimate of drug-likeness (QED) is 0.758. The van der Waals surface area contributed by atoms with Crippen molar-refractivity contribution in [3.8, 4) is 0 Å². The van der Waals surface area contributed by atoms with E-state index in [1.54, 1.807) is 17.1 Å². The van der Waals surface area contributed by atoms with Crippen LogP contribution in [-0.4, -0.2) is 36.5 Å². The number of hydrogen-bond donors (Lipinski definition) is 1. The van der Waals surface area contributed by atoms with Crippen LogP contribution in [0.2, 0.25) is 0 Å². The van der Waals surface area contributed by atoms with Crippen molar-refractivity contribution >= 4 is 16.8 Å².